The van der Waals surface area contributed by atoms with Crippen molar-refractivity contribution in [2.24, 2.45) is 0 Å². The summed E-state index contributed by atoms with van der Waals surface area (Å²) in [7, 11) is 0. The summed E-state index contributed by atoms with van der Waals surface area (Å²) in [6.45, 7) is 1.14. The molecule has 5 nitrogen and oxygen atoms in total. The van der Waals surface area contributed by atoms with Crippen molar-refractivity contribution < 1.29 is 10.0 Å². The number of hydrogen-bond donors (Lipinski definition) is 2. The van der Waals surface area contributed by atoms with E-state index in [1.54, 1.807) is 24.3 Å². The molecule has 0 fully saturated rings. The number of phenols is 1. The van der Waals surface area contributed by atoms with Crippen LogP contribution >= 0.6 is 15.9 Å². The van der Waals surface area contributed by atoms with Gasteiger partial charge in [-0.25, -0.2) is 0 Å². The molecule has 21 heavy (non-hydrogen) atoms. The molecule has 0 aliphatic rings. The van der Waals surface area contributed by atoms with Crippen LogP contribution in [0, 0.1) is 10.1 Å². The van der Waals surface area contributed by atoms with Crippen molar-refractivity contribution in [1.82, 2.24) is 5.32 Å². The third-order valence-corrected chi connectivity index (χ3v) is 3.57. The number of nitro benzene ring substituents is 1. The summed E-state index contributed by atoms with van der Waals surface area (Å²) in [4.78, 5) is 10.6. The third kappa shape index (κ3) is 4.54. The zero-order valence-corrected chi connectivity index (χ0v) is 12.8. The van der Waals surface area contributed by atoms with E-state index in [0.29, 0.717) is 18.7 Å². The number of phenolic OH excluding ortho intramolecular Hbond substituents is 1. The van der Waals surface area contributed by atoms with Crippen molar-refractivity contribution in [3.63, 3.8) is 0 Å². The van der Waals surface area contributed by atoms with Gasteiger partial charge in [-0.3, -0.25) is 10.1 Å². The SMILES string of the molecule is O=[N+]([O-])c1ccc(Br)cc1CNCCc1ccc(O)cc1. The van der Waals surface area contributed by atoms with Crippen LogP contribution in [-0.4, -0.2) is 16.6 Å². The number of benzene rings is 2. The molecule has 0 amide bonds. The van der Waals surface area contributed by atoms with Crippen LogP contribution in [0.4, 0.5) is 5.69 Å². The van der Waals surface area contributed by atoms with E-state index < -0.39 is 0 Å². The monoisotopic (exact) mass is 350 g/mol. The lowest BCUT2D eigenvalue weighted by Crippen LogP contribution is -2.17. The number of nitro groups is 1. The average Bonchev–Trinajstić information content (AvgIpc) is 2.45. The fourth-order valence-electron chi connectivity index (χ4n) is 1.99. The van der Waals surface area contributed by atoms with E-state index in [0.717, 1.165) is 16.5 Å². The van der Waals surface area contributed by atoms with Gasteiger partial charge in [0.15, 0.2) is 0 Å². The van der Waals surface area contributed by atoms with Crippen LogP contribution in [0.25, 0.3) is 0 Å². The summed E-state index contributed by atoms with van der Waals surface area (Å²) in [6.07, 6.45) is 0.794. The Balaban J connectivity index is 1.90. The lowest BCUT2D eigenvalue weighted by molar-refractivity contribution is -0.385. The first-order valence-electron chi connectivity index (χ1n) is 6.47. The highest BCUT2D eigenvalue weighted by Crippen LogP contribution is 2.22. The van der Waals surface area contributed by atoms with Crippen LogP contribution in [0.3, 0.4) is 0 Å². The molecule has 0 saturated heterocycles. The number of hydrogen-bond acceptors (Lipinski definition) is 4. The highest BCUT2D eigenvalue weighted by Gasteiger charge is 2.12. The van der Waals surface area contributed by atoms with E-state index in [-0.39, 0.29) is 16.4 Å². The average molecular weight is 351 g/mol. The number of nitrogens with zero attached hydrogens (tertiary/aromatic N) is 1. The lowest BCUT2D eigenvalue weighted by atomic mass is 10.1. The molecule has 2 aromatic carbocycles. The van der Waals surface area contributed by atoms with Gasteiger partial charge in [0.05, 0.1) is 4.92 Å². The molecular weight excluding hydrogens is 336 g/mol. The molecule has 2 aromatic rings. The zero-order valence-electron chi connectivity index (χ0n) is 11.3. The zero-order chi connectivity index (χ0) is 15.2. The Labute approximate surface area is 130 Å². The van der Waals surface area contributed by atoms with Crippen molar-refractivity contribution in [1.29, 1.82) is 0 Å². The van der Waals surface area contributed by atoms with Gasteiger partial charge < -0.3 is 10.4 Å². The Kier molecular flexibility index (Phi) is 5.30. The fraction of sp³-hybridized carbons (Fsp3) is 0.200. The highest BCUT2D eigenvalue weighted by molar-refractivity contribution is 9.10. The standard InChI is InChI=1S/C15H15BrN2O3/c16-13-3-6-15(18(20)21)12(9-13)10-17-8-7-11-1-4-14(19)5-2-11/h1-6,9,17,19H,7-8,10H2. The first kappa shape index (κ1) is 15.5. The van der Waals surface area contributed by atoms with Crippen molar-refractivity contribution in [3.05, 3.63) is 68.2 Å². The molecule has 0 unspecified atom stereocenters. The van der Waals surface area contributed by atoms with Gasteiger partial charge in [0.2, 0.25) is 0 Å². The molecule has 0 aliphatic carbocycles. The van der Waals surface area contributed by atoms with Crippen LogP contribution < -0.4 is 5.32 Å². The van der Waals surface area contributed by atoms with E-state index in [9.17, 15) is 15.2 Å². The quantitative estimate of drug-likeness (QED) is 0.475. The number of aromatic hydroxyl groups is 1. The first-order valence-corrected chi connectivity index (χ1v) is 7.27. The Bertz CT molecular complexity index is 629. The molecule has 2 N–H and O–H groups in total. The van der Waals surface area contributed by atoms with Crippen LogP contribution in [0.2, 0.25) is 0 Å². The predicted molar refractivity (Wildman–Crippen MR) is 84.3 cm³/mol. The summed E-state index contributed by atoms with van der Waals surface area (Å²) in [5, 5.41) is 23.4. The van der Waals surface area contributed by atoms with Gasteiger partial charge in [-0.05, 0) is 42.8 Å². The molecule has 0 atom stereocenters. The molecular formula is C15H15BrN2O3. The van der Waals surface area contributed by atoms with E-state index in [4.69, 9.17) is 0 Å². The Morgan fingerprint density at radius 2 is 1.90 bits per heavy atom. The Hall–Kier alpha value is -1.92. The minimum atomic E-state index is -0.372. The molecule has 0 heterocycles. The van der Waals surface area contributed by atoms with Crippen LogP contribution in [0.1, 0.15) is 11.1 Å². The van der Waals surface area contributed by atoms with Crippen LogP contribution in [-0.2, 0) is 13.0 Å². The van der Waals surface area contributed by atoms with Gasteiger partial charge in [-0.2, -0.15) is 0 Å². The molecule has 110 valence electrons. The molecule has 0 spiro atoms. The summed E-state index contributed by atoms with van der Waals surface area (Å²) >= 11 is 3.32. The summed E-state index contributed by atoms with van der Waals surface area (Å²) in [5.74, 6) is 0.247. The third-order valence-electron chi connectivity index (χ3n) is 3.08. The summed E-state index contributed by atoms with van der Waals surface area (Å²) in [5.41, 5.74) is 1.87. The van der Waals surface area contributed by atoms with Crippen LogP contribution in [0.15, 0.2) is 46.9 Å². The normalized spacial score (nSPS) is 10.5. The first-order chi connectivity index (χ1) is 10.1. The Morgan fingerprint density at radius 1 is 1.19 bits per heavy atom. The largest absolute Gasteiger partial charge is 0.508 e. The van der Waals surface area contributed by atoms with Crippen molar-refractivity contribution in [2.75, 3.05) is 6.54 Å². The second-order valence-electron chi connectivity index (χ2n) is 4.62. The maximum atomic E-state index is 11.0. The van der Waals surface area contributed by atoms with Crippen molar-refractivity contribution >= 4 is 21.6 Å². The van der Waals surface area contributed by atoms with Crippen LogP contribution in [0.5, 0.6) is 5.75 Å². The molecule has 0 radical (unpaired) electrons. The molecule has 0 saturated carbocycles. The van der Waals surface area contributed by atoms with Gasteiger partial charge in [0, 0.05) is 22.6 Å². The lowest BCUT2D eigenvalue weighted by Gasteiger charge is -2.07. The van der Waals surface area contributed by atoms with Gasteiger partial charge >= 0.3 is 0 Å². The maximum Gasteiger partial charge on any atom is 0.273 e. The molecule has 0 bridgehead atoms. The van der Waals surface area contributed by atoms with Gasteiger partial charge in [-0.15, -0.1) is 0 Å². The smallest absolute Gasteiger partial charge is 0.273 e. The van der Waals surface area contributed by atoms with E-state index in [1.165, 1.54) is 6.07 Å². The maximum absolute atomic E-state index is 11.0. The number of rotatable bonds is 6. The van der Waals surface area contributed by atoms with Gasteiger partial charge in [0.1, 0.15) is 5.75 Å². The molecule has 2 rings (SSSR count). The molecule has 6 heteroatoms. The molecule has 0 aromatic heterocycles. The van der Waals surface area contributed by atoms with E-state index >= 15 is 0 Å². The fourth-order valence-corrected chi connectivity index (χ4v) is 2.40. The Morgan fingerprint density at radius 3 is 2.57 bits per heavy atom. The second-order valence-corrected chi connectivity index (χ2v) is 5.54. The van der Waals surface area contributed by atoms with Crippen molar-refractivity contribution in [2.45, 2.75) is 13.0 Å². The number of nitrogens with one attached hydrogen (secondary N) is 1. The van der Waals surface area contributed by atoms with Crippen molar-refractivity contribution in [3.8, 4) is 5.75 Å². The molecule has 0 aliphatic heterocycles. The van der Waals surface area contributed by atoms with E-state index in [2.05, 4.69) is 21.2 Å². The topological polar surface area (TPSA) is 75.4 Å². The summed E-state index contributed by atoms with van der Waals surface area (Å²) in [6, 6.07) is 11.9. The predicted octanol–water partition coefficient (Wildman–Crippen LogP) is 3.40. The summed E-state index contributed by atoms with van der Waals surface area (Å²) < 4.78 is 0.823. The van der Waals surface area contributed by atoms with E-state index in [1.807, 2.05) is 12.1 Å². The highest BCUT2D eigenvalue weighted by atomic mass is 79.9. The van der Waals surface area contributed by atoms with Gasteiger partial charge in [-0.1, -0.05) is 28.1 Å². The second kappa shape index (κ2) is 7.19. The number of halogens is 1. The van der Waals surface area contributed by atoms with Gasteiger partial charge in [0.25, 0.3) is 5.69 Å². The minimum absolute atomic E-state index is 0.121. The minimum Gasteiger partial charge on any atom is -0.508 e.